The third kappa shape index (κ3) is 4.56. The summed E-state index contributed by atoms with van der Waals surface area (Å²) in [7, 11) is 0. The van der Waals surface area contributed by atoms with Crippen LogP contribution in [0.5, 0.6) is 0 Å². The fourth-order valence-corrected chi connectivity index (χ4v) is 2.71. The maximum Gasteiger partial charge on any atom is 0.234 e. The third-order valence-electron chi connectivity index (χ3n) is 2.95. The van der Waals surface area contributed by atoms with Crippen molar-refractivity contribution in [3.05, 3.63) is 65.2 Å². The van der Waals surface area contributed by atoms with Gasteiger partial charge in [0.25, 0.3) is 0 Å². The van der Waals surface area contributed by atoms with Crippen molar-refractivity contribution < 1.29 is 13.6 Å². The van der Waals surface area contributed by atoms with Gasteiger partial charge < -0.3 is 5.32 Å². The molecule has 1 amide bonds. The van der Waals surface area contributed by atoms with E-state index < -0.39 is 11.6 Å². The van der Waals surface area contributed by atoms with Crippen LogP contribution in [0.15, 0.2) is 42.5 Å². The lowest BCUT2D eigenvalue weighted by Gasteiger charge is -2.07. The molecule has 0 saturated carbocycles. The number of hydrogen-bond donors (Lipinski definition) is 1. The van der Waals surface area contributed by atoms with Crippen molar-refractivity contribution in [1.82, 2.24) is 0 Å². The SMILES string of the molecule is Cc1ccccc1CSCC(=O)Nc1cc(F)ccc1F. The van der Waals surface area contributed by atoms with Crippen molar-refractivity contribution in [2.75, 3.05) is 11.1 Å². The van der Waals surface area contributed by atoms with Crippen molar-refractivity contribution >= 4 is 23.4 Å². The predicted octanol–water partition coefficient (Wildman–Crippen LogP) is 4.15. The Balaban J connectivity index is 1.85. The highest BCUT2D eigenvalue weighted by atomic mass is 32.2. The number of anilines is 1. The molecule has 2 nitrogen and oxygen atoms in total. The number of nitrogens with one attached hydrogen (secondary N) is 1. The van der Waals surface area contributed by atoms with Gasteiger partial charge in [-0.05, 0) is 30.2 Å². The molecule has 0 aliphatic carbocycles. The quantitative estimate of drug-likeness (QED) is 0.899. The number of carbonyl (C=O) groups is 1. The van der Waals surface area contributed by atoms with E-state index in [-0.39, 0.29) is 17.3 Å². The minimum atomic E-state index is -0.645. The number of amides is 1. The fraction of sp³-hybridized carbons (Fsp3) is 0.188. The first kappa shape index (κ1) is 15.5. The van der Waals surface area contributed by atoms with Crippen molar-refractivity contribution in [1.29, 1.82) is 0 Å². The molecule has 0 aliphatic rings. The van der Waals surface area contributed by atoms with Crippen molar-refractivity contribution in [3.63, 3.8) is 0 Å². The molecule has 110 valence electrons. The maximum absolute atomic E-state index is 13.4. The van der Waals surface area contributed by atoms with Crippen LogP contribution in [-0.4, -0.2) is 11.7 Å². The van der Waals surface area contributed by atoms with Crippen LogP contribution in [-0.2, 0) is 10.5 Å². The number of benzene rings is 2. The Morgan fingerprint density at radius 2 is 1.95 bits per heavy atom. The summed E-state index contributed by atoms with van der Waals surface area (Å²) >= 11 is 1.43. The molecule has 0 bridgehead atoms. The Hall–Kier alpha value is -1.88. The van der Waals surface area contributed by atoms with Crippen LogP contribution in [0.4, 0.5) is 14.5 Å². The summed E-state index contributed by atoms with van der Waals surface area (Å²) in [5.41, 5.74) is 2.20. The van der Waals surface area contributed by atoms with E-state index >= 15 is 0 Å². The molecule has 0 aliphatic heterocycles. The second kappa shape index (κ2) is 7.22. The number of rotatable bonds is 5. The van der Waals surface area contributed by atoms with E-state index in [1.165, 1.54) is 17.3 Å². The van der Waals surface area contributed by atoms with E-state index in [2.05, 4.69) is 5.32 Å². The summed E-state index contributed by atoms with van der Waals surface area (Å²) in [5.74, 6) is -0.693. The fourth-order valence-electron chi connectivity index (χ4n) is 1.81. The van der Waals surface area contributed by atoms with Crippen LogP contribution in [0.25, 0.3) is 0 Å². The molecule has 21 heavy (non-hydrogen) atoms. The van der Waals surface area contributed by atoms with Gasteiger partial charge in [0.05, 0.1) is 11.4 Å². The van der Waals surface area contributed by atoms with E-state index in [4.69, 9.17) is 0 Å². The van der Waals surface area contributed by atoms with Crippen LogP contribution < -0.4 is 5.32 Å². The predicted molar refractivity (Wildman–Crippen MR) is 82.3 cm³/mol. The number of thioether (sulfide) groups is 1. The standard InChI is InChI=1S/C16H15F2NOS/c1-11-4-2-3-5-12(11)9-21-10-16(20)19-15-8-13(17)6-7-14(15)18/h2-8H,9-10H2,1H3,(H,19,20). The summed E-state index contributed by atoms with van der Waals surface area (Å²) in [6.45, 7) is 2.01. The lowest BCUT2D eigenvalue weighted by molar-refractivity contribution is -0.113. The van der Waals surface area contributed by atoms with Gasteiger partial charge in [0.1, 0.15) is 11.6 Å². The van der Waals surface area contributed by atoms with Crippen LogP contribution in [0.2, 0.25) is 0 Å². The average molecular weight is 307 g/mol. The Labute approximate surface area is 126 Å². The highest BCUT2D eigenvalue weighted by molar-refractivity contribution is 7.99. The Morgan fingerprint density at radius 3 is 2.71 bits per heavy atom. The molecule has 5 heteroatoms. The van der Waals surface area contributed by atoms with E-state index in [1.54, 1.807) is 0 Å². The van der Waals surface area contributed by atoms with E-state index in [1.807, 2.05) is 31.2 Å². The summed E-state index contributed by atoms with van der Waals surface area (Å²) in [6.07, 6.45) is 0. The zero-order valence-corrected chi connectivity index (χ0v) is 12.3. The lowest BCUT2D eigenvalue weighted by Crippen LogP contribution is -2.15. The average Bonchev–Trinajstić information content (AvgIpc) is 2.45. The van der Waals surface area contributed by atoms with E-state index in [0.29, 0.717) is 5.75 Å². The molecular weight excluding hydrogens is 292 g/mol. The molecular formula is C16H15F2NOS. The summed E-state index contributed by atoms with van der Waals surface area (Å²) in [5, 5.41) is 2.38. The van der Waals surface area contributed by atoms with E-state index in [0.717, 1.165) is 23.8 Å². The Morgan fingerprint density at radius 1 is 1.19 bits per heavy atom. The molecule has 0 saturated heterocycles. The number of hydrogen-bond acceptors (Lipinski definition) is 2. The summed E-state index contributed by atoms with van der Waals surface area (Å²) < 4.78 is 26.4. The van der Waals surface area contributed by atoms with Gasteiger partial charge in [-0.25, -0.2) is 8.78 Å². The summed E-state index contributed by atoms with van der Waals surface area (Å²) in [6, 6.07) is 10.9. The van der Waals surface area contributed by atoms with Gasteiger partial charge in [-0.15, -0.1) is 11.8 Å². The second-order valence-electron chi connectivity index (χ2n) is 4.59. The van der Waals surface area contributed by atoms with Gasteiger partial charge in [0.2, 0.25) is 5.91 Å². The second-order valence-corrected chi connectivity index (χ2v) is 5.58. The zero-order chi connectivity index (χ0) is 15.2. The van der Waals surface area contributed by atoms with Gasteiger partial charge in [-0.2, -0.15) is 0 Å². The van der Waals surface area contributed by atoms with Crippen LogP contribution in [0.3, 0.4) is 0 Å². The first-order valence-electron chi connectivity index (χ1n) is 6.43. The first-order valence-corrected chi connectivity index (χ1v) is 7.59. The Kier molecular flexibility index (Phi) is 5.33. The van der Waals surface area contributed by atoms with Gasteiger partial charge in [-0.1, -0.05) is 24.3 Å². The van der Waals surface area contributed by atoms with Gasteiger partial charge in [0, 0.05) is 11.8 Å². The minimum absolute atomic E-state index is 0.128. The molecule has 0 heterocycles. The minimum Gasteiger partial charge on any atom is -0.323 e. The van der Waals surface area contributed by atoms with E-state index in [9.17, 15) is 13.6 Å². The molecule has 2 rings (SSSR count). The lowest BCUT2D eigenvalue weighted by atomic mass is 10.1. The topological polar surface area (TPSA) is 29.1 Å². The molecule has 0 spiro atoms. The third-order valence-corrected chi connectivity index (χ3v) is 3.94. The maximum atomic E-state index is 13.4. The molecule has 2 aromatic carbocycles. The largest absolute Gasteiger partial charge is 0.323 e. The van der Waals surface area contributed by atoms with Crippen LogP contribution in [0.1, 0.15) is 11.1 Å². The van der Waals surface area contributed by atoms with Crippen molar-refractivity contribution in [2.45, 2.75) is 12.7 Å². The molecule has 0 radical (unpaired) electrons. The highest BCUT2D eigenvalue weighted by Crippen LogP contribution is 2.18. The first-order chi connectivity index (χ1) is 10.1. The molecule has 1 N–H and O–H groups in total. The highest BCUT2D eigenvalue weighted by Gasteiger charge is 2.08. The molecule has 0 atom stereocenters. The van der Waals surface area contributed by atoms with Gasteiger partial charge in [-0.3, -0.25) is 4.79 Å². The normalized spacial score (nSPS) is 10.4. The molecule has 0 aromatic heterocycles. The zero-order valence-electron chi connectivity index (χ0n) is 11.5. The monoisotopic (exact) mass is 307 g/mol. The number of carbonyl (C=O) groups excluding carboxylic acids is 1. The number of aryl methyl sites for hydroxylation is 1. The molecule has 2 aromatic rings. The van der Waals surface area contributed by atoms with Crippen LogP contribution >= 0.6 is 11.8 Å². The van der Waals surface area contributed by atoms with Gasteiger partial charge in [0.15, 0.2) is 0 Å². The number of halogens is 2. The Bertz CT molecular complexity index is 646. The molecule has 0 fully saturated rings. The van der Waals surface area contributed by atoms with Crippen molar-refractivity contribution in [2.24, 2.45) is 0 Å². The summed E-state index contributed by atoms with van der Waals surface area (Å²) in [4.78, 5) is 11.7. The smallest absolute Gasteiger partial charge is 0.234 e. The van der Waals surface area contributed by atoms with Gasteiger partial charge >= 0.3 is 0 Å². The van der Waals surface area contributed by atoms with Crippen molar-refractivity contribution in [3.8, 4) is 0 Å². The molecule has 0 unspecified atom stereocenters. The van der Waals surface area contributed by atoms with Crippen LogP contribution in [0, 0.1) is 18.6 Å².